The summed E-state index contributed by atoms with van der Waals surface area (Å²) in [5.74, 6) is 0.897. The van der Waals surface area contributed by atoms with Crippen LogP contribution in [-0.4, -0.2) is 12.6 Å². The lowest BCUT2D eigenvalue weighted by Crippen LogP contribution is -2.23. The maximum atomic E-state index is 5.70. The quantitative estimate of drug-likeness (QED) is 0.768. The van der Waals surface area contributed by atoms with E-state index in [1.807, 2.05) is 32.0 Å². The highest BCUT2D eigenvalue weighted by molar-refractivity contribution is 9.10. The van der Waals surface area contributed by atoms with Gasteiger partial charge in [-0.2, -0.15) is 0 Å². The van der Waals surface area contributed by atoms with Crippen LogP contribution in [0.3, 0.4) is 0 Å². The monoisotopic (exact) mass is 351 g/mol. The van der Waals surface area contributed by atoms with Crippen LogP contribution < -0.4 is 10.1 Å². The summed E-state index contributed by atoms with van der Waals surface area (Å²) < 4.78 is 11.8. The summed E-state index contributed by atoms with van der Waals surface area (Å²) in [5, 5.41) is 3.56. The van der Waals surface area contributed by atoms with Gasteiger partial charge in [0, 0.05) is 5.56 Å². The first-order chi connectivity index (χ1) is 10.1. The van der Waals surface area contributed by atoms with E-state index in [0.717, 1.165) is 28.9 Å². The molecule has 1 N–H and O–H groups in total. The smallest absolute Gasteiger partial charge is 0.174 e. The lowest BCUT2D eigenvalue weighted by Gasteiger charge is -2.19. The van der Waals surface area contributed by atoms with E-state index in [1.165, 1.54) is 5.56 Å². The van der Waals surface area contributed by atoms with Crippen molar-refractivity contribution >= 4 is 15.9 Å². The standard InChI is InChI=1S/C17H22BrNO2/c1-4-10-19-16(15-9-11-20-17(15)18)13-5-7-14(8-6-13)21-12(2)3/h5-9,11-12,16,19H,4,10H2,1-3H3. The number of nitrogens with one attached hydrogen (secondary N) is 1. The molecule has 0 fully saturated rings. The van der Waals surface area contributed by atoms with Gasteiger partial charge in [-0.1, -0.05) is 19.1 Å². The third-order valence-corrected chi connectivity index (χ3v) is 3.79. The fraction of sp³-hybridized carbons (Fsp3) is 0.412. The number of benzene rings is 1. The number of ether oxygens (including phenoxy) is 1. The Morgan fingerprint density at radius 3 is 2.43 bits per heavy atom. The average molecular weight is 352 g/mol. The molecule has 0 amide bonds. The highest BCUT2D eigenvalue weighted by Crippen LogP contribution is 2.30. The van der Waals surface area contributed by atoms with Gasteiger partial charge >= 0.3 is 0 Å². The zero-order valence-corrected chi connectivity index (χ0v) is 14.3. The number of rotatable bonds is 7. The summed E-state index contributed by atoms with van der Waals surface area (Å²) in [4.78, 5) is 0. The van der Waals surface area contributed by atoms with Crippen LogP contribution in [0.2, 0.25) is 0 Å². The van der Waals surface area contributed by atoms with Crippen LogP contribution in [0.5, 0.6) is 5.75 Å². The van der Waals surface area contributed by atoms with Gasteiger partial charge in [-0.25, -0.2) is 0 Å². The van der Waals surface area contributed by atoms with Crippen molar-refractivity contribution in [3.63, 3.8) is 0 Å². The second-order valence-electron chi connectivity index (χ2n) is 5.27. The molecule has 1 aromatic carbocycles. The van der Waals surface area contributed by atoms with Gasteiger partial charge in [0.2, 0.25) is 0 Å². The molecule has 3 nitrogen and oxygen atoms in total. The molecular weight excluding hydrogens is 330 g/mol. The highest BCUT2D eigenvalue weighted by atomic mass is 79.9. The number of furan rings is 1. The minimum absolute atomic E-state index is 0.117. The maximum absolute atomic E-state index is 5.70. The molecule has 1 aromatic heterocycles. The summed E-state index contributed by atoms with van der Waals surface area (Å²) in [6.07, 6.45) is 2.98. The van der Waals surface area contributed by atoms with Crippen LogP contribution >= 0.6 is 15.9 Å². The molecule has 0 aliphatic heterocycles. The van der Waals surface area contributed by atoms with E-state index in [1.54, 1.807) is 6.26 Å². The molecule has 1 atom stereocenters. The zero-order valence-electron chi connectivity index (χ0n) is 12.7. The molecule has 0 aliphatic rings. The van der Waals surface area contributed by atoms with Crippen molar-refractivity contribution in [2.75, 3.05) is 6.54 Å². The molecule has 1 heterocycles. The lowest BCUT2D eigenvalue weighted by atomic mass is 10.0. The molecular formula is C17H22BrNO2. The summed E-state index contributed by atoms with van der Waals surface area (Å²) >= 11 is 3.47. The number of hydrogen-bond acceptors (Lipinski definition) is 3. The predicted molar refractivity (Wildman–Crippen MR) is 88.8 cm³/mol. The molecule has 0 spiro atoms. The average Bonchev–Trinajstić information content (AvgIpc) is 2.87. The van der Waals surface area contributed by atoms with Crippen LogP contribution in [0.4, 0.5) is 0 Å². The summed E-state index contributed by atoms with van der Waals surface area (Å²) in [5.41, 5.74) is 2.31. The van der Waals surface area contributed by atoms with E-state index in [9.17, 15) is 0 Å². The molecule has 0 radical (unpaired) electrons. The van der Waals surface area contributed by atoms with Crippen molar-refractivity contribution in [1.82, 2.24) is 5.32 Å². The van der Waals surface area contributed by atoms with Crippen molar-refractivity contribution in [2.45, 2.75) is 39.3 Å². The van der Waals surface area contributed by atoms with Gasteiger partial charge in [0.1, 0.15) is 5.75 Å². The van der Waals surface area contributed by atoms with Gasteiger partial charge < -0.3 is 14.5 Å². The minimum Gasteiger partial charge on any atom is -0.491 e. The van der Waals surface area contributed by atoms with Crippen LogP contribution in [0.25, 0.3) is 0 Å². The molecule has 1 unspecified atom stereocenters. The normalized spacial score (nSPS) is 12.6. The fourth-order valence-electron chi connectivity index (χ4n) is 2.22. The Morgan fingerprint density at radius 2 is 1.90 bits per heavy atom. The molecule has 0 saturated heterocycles. The summed E-state index contributed by atoms with van der Waals surface area (Å²) in [7, 11) is 0. The Morgan fingerprint density at radius 1 is 1.19 bits per heavy atom. The van der Waals surface area contributed by atoms with E-state index >= 15 is 0 Å². The van der Waals surface area contributed by atoms with Gasteiger partial charge in [-0.3, -0.25) is 0 Å². The number of hydrogen-bond donors (Lipinski definition) is 1. The van der Waals surface area contributed by atoms with Crippen molar-refractivity contribution < 1.29 is 9.15 Å². The summed E-state index contributed by atoms with van der Waals surface area (Å²) in [6.45, 7) is 7.17. The minimum atomic E-state index is 0.117. The Balaban J connectivity index is 2.22. The van der Waals surface area contributed by atoms with Gasteiger partial charge in [-0.15, -0.1) is 0 Å². The third kappa shape index (κ3) is 4.35. The van der Waals surface area contributed by atoms with Crippen molar-refractivity contribution in [3.8, 4) is 5.75 Å². The van der Waals surface area contributed by atoms with Gasteiger partial charge in [0.15, 0.2) is 4.67 Å². The Hall–Kier alpha value is -1.26. The van der Waals surface area contributed by atoms with Gasteiger partial charge in [0.05, 0.1) is 18.4 Å². The van der Waals surface area contributed by atoms with E-state index < -0.39 is 0 Å². The Kier molecular flexibility index (Phi) is 5.88. The van der Waals surface area contributed by atoms with Crippen LogP contribution in [-0.2, 0) is 0 Å². The maximum Gasteiger partial charge on any atom is 0.174 e. The predicted octanol–water partition coefficient (Wildman–Crippen LogP) is 4.92. The molecule has 2 rings (SSSR count). The van der Waals surface area contributed by atoms with Crippen molar-refractivity contribution in [3.05, 3.63) is 52.4 Å². The molecule has 21 heavy (non-hydrogen) atoms. The second-order valence-corrected chi connectivity index (χ2v) is 5.99. The first-order valence-electron chi connectivity index (χ1n) is 7.34. The molecule has 2 aromatic rings. The van der Waals surface area contributed by atoms with E-state index in [0.29, 0.717) is 0 Å². The first-order valence-corrected chi connectivity index (χ1v) is 8.14. The molecule has 0 bridgehead atoms. The SMILES string of the molecule is CCCNC(c1ccc(OC(C)C)cc1)c1ccoc1Br. The topological polar surface area (TPSA) is 34.4 Å². The van der Waals surface area contributed by atoms with E-state index in [4.69, 9.17) is 9.15 Å². The lowest BCUT2D eigenvalue weighted by molar-refractivity contribution is 0.242. The Bertz CT molecular complexity index is 548. The molecule has 0 aliphatic carbocycles. The van der Waals surface area contributed by atoms with E-state index in [2.05, 4.69) is 40.3 Å². The zero-order chi connectivity index (χ0) is 15.2. The molecule has 0 saturated carbocycles. The van der Waals surface area contributed by atoms with Crippen molar-refractivity contribution in [2.24, 2.45) is 0 Å². The Labute approximate surface area is 134 Å². The molecule has 114 valence electrons. The highest BCUT2D eigenvalue weighted by Gasteiger charge is 2.18. The van der Waals surface area contributed by atoms with Gasteiger partial charge in [-0.05, 0) is 66.5 Å². The summed E-state index contributed by atoms with van der Waals surface area (Å²) in [6, 6.07) is 10.4. The third-order valence-electron chi connectivity index (χ3n) is 3.14. The molecule has 4 heteroatoms. The first kappa shape index (κ1) is 16.1. The second kappa shape index (κ2) is 7.66. The van der Waals surface area contributed by atoms with Crippen LogP contribution in [0.1, 0.15) is 44.4 Å². The fourth-order valence-corrected chi connectivity index (χ4v) is 2.69. The largest absolute Gasteiger partial charge is 0.491 e. The van der Waals surface area contributed by atoms with Gasteiger partial charge in [0.25, 0.3) is 0 Å². The van der Waals surface area contributed by atoms with Crippen LogP contribution in [0.15, 0.2) is 45.7 Å². The van der Waals surface area contributed by atoms with Crippen LogP contribution in [0, 0.1) is 0 Å². The number of halogens is 1. The van der Waals surface area contributed by atoms with Crippen molar-refractivity contribution in [1.29, 1.82) is 0 Å². The van der Waals surface area contributed by atoms with E-state index in [-0.39, 0.29) is 12.1 Å².